The van der Waals surface area contributed by atoms with E-state index >= 15 is 0 Å². The highest BCUT2D eigenvalue weighted by molar-refractivity contribution is 6.33. The van der Waals surface area contributed by atoms with E-state index < -0.39 is 0 Å². The Labute approximate surface area is 128 Å². The normalized spacial score (nSPS) is 15.7. The first-order chi connectivity index (χ1) is 10.1. The molecular formula is C16H19ClFN3. The maximum atomic E-state index is 13.2. The Morgan fingerprint density at radius 1 is 1.33 bits per heavy atom. The van der Waals surface area contributed by atoms with Gasteiger partial charge in [-0.05, 0) is 37.0 Å². The molecule has 1 aromatic heterocycles. The van der Waals surface area contributed by atoms with E-state index in [0.717, 1.165) is 35.6 Å². The number of hydrogen-bond donors (Lipinski definition) is 2. The highest BCUT2D eigenvalue weighted by atomic mass is 35.5. The molecule has 3 nitrogen and oxygen atoms in total. The molecule has 3 rings (SSSR count). The summed E-state index contributed by atoms with van der Waals surface area (Å²) in [5.74, 6) is 0.870. The van der Waals surface area contributed by atoms with E-state index in [9.17, 15) is 4.39 Å². The lowest BCUT2D eigenvalue weighted by Gasteiger charge is -2.10. The predicted octanol–water partition coefficient (Wildman–Crippen LogP) is 4.57. The number of nitrogens with one attached hydrogen (secondary N) is 1. The van der Waals surface area contributed by atoms with Crippen molar-refractivity contribution in [3.05, 3.63) is 34.7 Å². The van der Waals surface area contributed by atoms with Gasteiger partial charge >= 0.3 is 0 Å². The zero-order valence-corrected chi connectivity index (χ0v) is 12.6. The number of benzene rings is 1. The molecule has 1 saturated carbocycles. The standard InChI is InChI=1S/C16H19ClFN3/c17-13-9-11(18)6-7-12(13)15-14(20-21-16(15)19)8-5-10-3-1-2-4-10/h6-7,9-10H,1-5,8H2,(H3,19,20,21). The SMILES string of the molecule is Nc1n[nH]c(CCC2CCCC2)c1-c1ccc(F)cc1Cl. The predicted molar refractivity (Wildman–Crippen MR) is 83.7 cm³/mol. The Morgan fingerprint density at radius 3 is 2.81 bits per heavy atom. The van der Waals surface area contributed by atoms with Crippen LogP contribution in [0.1, 0.15) is 37.8 Å². The maximum absolute atomic E-state index is 13.2. The van der Waals surface area contributed by atoms with Crippen molar-refractivity contribution in [1.82, 2.24) is 10.2 Å². The monoisotopic (exact) mass is 307 g/mol. The van der Waals surface area contributed by atoms with E-state index in [0.29, 0.717) is 10.8 Å². The fraction of sp³-hybridized carbons (Fsp3) is 0.438. The molecule has 0 bridgehead atoms. The van der Waals surface area contributed by atoms with Crippen molar-refractivity contribution < 1.29 is 4.39 Å². The molecule has 2 aromatic rings. The van der Waals surface area contributed by atoms with Crippen LogP contribution in [-0.2, 0) is 6.42 Å². The van der Waals surface area contributed by atoms with Crippen LogP contribution >= 0.6 is 11.6 Å². The van der Waals surface area contributed by atoms with Crippen molar-refractivity contribution in [3.8, 4) is 11.1 Å². The zero-order chi connectivity index (χ0) is 14.8. The van der Waals surface area contributed by atoms with Crippen molar-refractivity contribution >= 4 is 17.4 Å². The lowest BCUT2D eigenvalue weighted by Crippen LogP contribution is -1.98. The van der Waals surface area contributed by atoms with Gasteiger partial charge in [-0.3, -0.25) is 5.10 Å². The number of H-pyrrole nitrogens is 1. The van der Waals surface area contributed by atoms with Crippen LogP contribution in [0.4, 0.5) is 10.2 Å². The van der Waals surface area contributed by atoms with Crippen LogP contribution in [0.15, 0.2) is 18.2 Å². The van der Waals surface area contributed by atoms with Gasteiger partial charge in [0.05, 0.1) is 5.02 Å². The van der Waals surface area contributed by atoms with Crippen LogP contribution in [-0.4, -0.2) is 10.2 Å². The quantitative estimate of drug-likeness (QED) is 0.869. The minimum absolute atomic E-state index is 0.349. The molecule has 112 valence electrons. The molecule has 1 aliphatic rings. The number of nitrogens with two attached hydrogens (primary N) is 1. The lowest BCUT2D eigenvalue weighted by atomic mass is 9.97. The zero-order valence-electron chi connectivity index (χ0n) is 11.8. The molecule has 1 aromatic carbocycles. The van der Waals surface area contributed by atoms with Crippen molar-refractivity contribution in [2.45, 2.75) is 38.5 Å². The second-order valence-corrected chi connectivity index (χ2v) is 6.18. The topological polar surface area (TPSA) is 54.7 Å². The molecule has 0 unspecified atom stereocenters. The number of nitrogen functional groups attached to an aromatic ring is 1. The van der Waals surface area contributed by atoms with Crippen molar-refractivity contribution in [2.75, 3.05) is 5.73 Å². The lowest BCUT2D eigenvalue weighted by molar-refractivity contribution is 0.501. The molecule has 5 heteroatoms. The summed E-state index contributed by atoms with van der Waals surface area (Å²) in [7, 11) is 0. The number of nitrogens with zero attached hydrogens (tertiary/aromatic N) is 1. The van der Waals surface area contributed by atoms with E-state index in [4.69, 9.17) is 17.3 Å². The molecule has 0 atom stereocenters. The van der Waals surface area contributed by atoms with Crippen LogP contribution in [0.5, 0.6) is 0 Å². The molecule has 1 fully saturated rings. The maximum Gasteiger partial charge on any atom is 0.153 e. The van der Waals surface area contributed by atoms with E-state index in [1.54, 1.807) is 6.07 Å². The van der Waals surface area contributed by atoms with Crippen LogP contribution in [0, 0.1) is 11.7 Å². The summed E-state index contributed by atoms with van der Waals surface area (Å²) >= 11 is 6.15. The molecule has 0 aliphatic heterocycles. The largest absolute Gasteiger partial charge is 0.382 e. The van der Waals surface area contributed by atoms with Gasteiger partial charge in [0, 0.05) is 16.8 Å². The molecule has 0 radical (unpaired) electrons. The summed E-state index contributed by atoms with van der Waals surface area (Å²) in [6.07, 6.45) is 7.34. The molecule has 1 aliphatic carbocycles. The Hall–Kier alpha value is -1.55. The van der Waals surface area contributed by atoms with E-state index in [1.165, 1.54) is 37.8 Å². The van der Waals surface area contributed by atoms with Gasteiger partial charge in [0.1, 0.15) is 5.82 Å². The third-order valence-corrected chi connectivity index (χ3v) is 4.66. The van der Waals surface area contributed by atoms with Crippen LogP contribution in [0.25, 0.3) is 11.1 Å². The number of aromatic nitrogens is 2. The molecule has 21 heavy (non-hydrogen) atoms. The number of aromatic amines is 1. The first-order valence-corrected chi connectivity index (χ1v) is 7.81. The van der Waals surface area contributed by atoms with Gasteiger partial charge in [-0.15, -0.1) is 0 Å². The molecular weight excluding hydrogens is 289 g/mol. The average molecular weight is 308 g/mol. The molecule has 0 amide bonds. The second-order valence-electron chi connectivity index (χ2n) is 5.78. The van der Waals surface area contributed by atoms with Gasteiger partial charge in [-0.2, -0.15) is 5.10 Å². The Morgan fingerprint density at radius 2 is 2.10 bits per heavy atom. The number of aryl methyl sites for hydroxylation is 1. The number of hydrogen-bond acceptors (Lipinski definition) is 2. The third kappa shape index (κ3) is 3.05. The Kier molecular flexibility index (Phi) is 4.15. The summed E-state index contributed by atoms with van der Waals surface area (Å²) in [6.45, 7) is 0. The molecule has 0 saturated heterocycles. The van der Waals surface area contributed by atoms with Gasteiger partial charge in [0.25, 0.3) is 0 Å². The fourth-order valence-electron chi connectivity index (χ4n) is 3.22. The second kappa shape index (κ2) is 6.06. The molecule has 0 spiro atoms. The number of anilines is 1. The summed E-state index contributed by atoms with van der Waals surface area (Å²) in [5.41, 5.74) is 8.52. The average Bonchev–Trinajstić information content (AvgIpc) is 3.07. The Bertz CT molecular complexity index is 632. The molecule has 1 heterocycles. The van der Waals surface area contributed by atoms with Gasteiger partial charge in [0.2, 0.25) is 0 Å². The van der Waals surface area contributed by atoms with Gasteiger partial charge < -0.3 is 5.73 Å². The van der Waals surface area contributed by atoms with Crippen molar-refractivity contribution in [2.24, 2.45) is 5.92 Å². The van der Waals surface area contributed by atoms with Crippen LogP contribution < -0.4 is 5.73 Å². The van der Waals surface area contributed by atoms with E-state index in [2.05, 4.69) is 10.2 Å². The van der Waals surface area contributed by atoms with Gasteiger partial charge in [-0.1, -0.05) is 37.3 Å². The third-order valence-electron chi connectivity index (χ3n) is 4.35. The summed E-state index contributed by atoms with van der Waals surface area (Å²) < 4.78 is 13.2. The first kappa shape index (κ1) is 14.4. The summed E-state index contributed by atoms with van der Waals surface area (Å²) in [6, 6.07) is 4.37. The van der Waals surface area contributed by atoms with E-state index in [-0.39, 0.29) is 5.82 Å². The summed E-state index contributed by atoms with van der Waals surface area (Å²) in [5, 5.41) is 7.48. The van der Waals surface area contributed by atoms with Crippen LogP contribution in [0.3, 0.4) is 0 Å². The van der Waals surface area contributed by atoms with Crippen molar-refractivity contribution in [3.63, 3.8) is 0 Å². The fourth-order valence-corrected chi connectivity index (χ4v) is 3.48. The minimum Gasteiger partial charge on any atom is -0.382 e. The van der Waals surface area contributed by atoms with Crippen molar-refractivity contribution in [1.29, 1.82) is 0 Å². The highest BCUT2D eigenvalue weighted by Crippen LogP contribution is 2.36. The van der Waals surface area contributed by atoms with Gasteiger partial charge in [0.15, 0.2) is 5.82 Å². The summed E-state index contributed by atoms with van der Waals surface area (Å²) in [4.78, 5) is 0. The van der Waals surface area contributed by atoms with Gasteiger partial charge in [-0.25, -0.2) is 4.39 Å². The number of halogens is 2. The Balaban J connectivity index is 1.85. The van der Waals surface area contributed by atoms with Crippen LogP contribution in [0.2, 0.25) is 5.02 Å². The van der Waals surface area contributed by atoms with E-state index in [1.807, 2.05) is 0 Å². The number of rotatable bonds is 4. The minimum atomic E-state index is -0.349. The molecule has 3 N–H and O–H groups in total. The smallest absolute Gasteiger partial charge is 0.153 e. The first-order valence-electron chi connectivity index (χ1n) is 7.43. The highest BCUT2D eigenvalue weighted by Gasteiger charge is 2.19.